The van der Waals surface area contributed by atoms with Crippen molar-refractivity contribution < 1.29 is 14.5 Å². The van der Waals surface area contributed by atoms with Gasteiger partial charge in [0.15, 0.2) is 11.8 Å². The molecule has 0 aromatic rings. The molecule has 0 saturated heterocycles. The number of aliphatic hydroxyl groups excluding tert-OH is 1. The SMILES string of the molecule is CCCCCCCCCCCCCCC(CCCC)CCCCC(=O)N(CC(CCCCCCCCCC)CCCCCCCCCC)CC(CO)[P+](=O)CCN(C)C. The number of rotatable bonds is 48. The molecule has 3 unspecified atom stereocenters. The average Bonchev–Trinajstić information content (AvgIpc) is 3.23. The summed E-state index contributed by atoms with van der Waals surface area (Å²) < 4.78 is 13.5. The van der Waals surface area contributed by atoms with Crippen LogP contribution in [0.25, 0.3) is 0 Å². The highest BCUT2D eigenvalue weighted by atomic mass is 31.1. The number of unbranched alkanes of at least 4 members (excludes halogenated alkanes) is 27. The van der Waals surface area contributed by atoms with Crippen molar-refractivity contribution in [3.8, 4) is 0 Å². The standard InChI is InChI=1S/C53H108N2O3P/c1-7-11-15-18-21-24-25-26-27-30-31-34-40-50(39-14-10-4)41-37-38-44-53(57)55(48-52(49-56)59(58)46-45-54(5)6)47-51(42-35-32-28-22-19-16-12-8-2)43-36-33-29-23-20-17-13-9-3/h50-52,56H,7-49H2,1-6H3/q+1. The summed E-state index contributed by atoms with van der Waals surface area (Å²) in [6.07, 6.45) is 50.3. The topological polar surface area (TPSA) is 60.9 Å². The Morgan fingerprint density at radius 2 is 0.797 bits per heavy atom. The van der Waals surface area contributed by atoms with Crippen molar-refractivity contribution in [2.45, 2.75) is 277 Å². The van der Waals surface area contributed by atoms with Gasteiger partial charge >= 0.3 is 7.80 Å². The molecule has 0 fully saturated rings. The van der Waals surface area contributed by atoms with Crippen molar-refractivity contribution in [3.05, 3.63) is 0 Å². The van der Waals surface area contributed by atoms with E-state index in [1.165, 1.54) is 225 Å². The van der Waals surface area contributed by atoms with E-state index in [9.17, 15) is 14.5 Å². The van der Waals surface area contributed by atoms with Crippen LogP contribution in [0.1, 0.15) is 272 Å². The van der Waals surface area contributed by atoms with Gasteiger partial charge in [-0.1, -0.05) is 251 Å². The summed E-state index contributed by atoms with van der Waals surface area (Å²) in [5.74, 6) is 1.53. The number of aliphatic hydroxyl groups is 1. The summed E-state index contributed by atoms with van der Waals surface area (Å²) >= 11 is 0. The molecule has 0 heterocycles. The maximum Gasteiger partial charge on any atom is 0.347 e. The van der Waals surface area contributed by atoms with Crippen LogP contribution in [0.15, 0.2) is 0 Å². The minimum atomic E-state index is -1.59. The predicted octanol–water partition coefficient (Wildman–Crippen LogP) is 16.7. The van der Waals surface area contributed by atoms with Crippen LogP contribution in [0.2, 0.25) is 0 Å². The first kappa shape index (κ1) is 58.5. The largest absolute Gasteiger partial charge is 0.392 e. The summed E-state index contributed by atoms with van der Waals surface area (Å²) in [6.45, 7) is 11.1. The summed E-state index contributed by atoms with van der Waals surface area (Å²) in [6, 6.07) is 0. The number of hydrogen-bond acceptors (Lipinski definition) is 4. The minimum Gasteiger partial charge on any atom is -0.392 e. The predicted molar refractivity (Wildman–Crippen MR) is 264 cm³/mol. The van der Waals surface area contributed by atoms with E-state index in [1.807, 2.05) is 14.1 Å². The van der Waals surface area contributed by atoms with E-state index >= 15 is 0 Å². The average molecular weight is 852 g/mol. The Labute approximate surface area is 372 Å². The fourth-order valence-electron chi connectivity index (χ4n) is 9.09. The van der Waals surface area contributed by atoms with Crippen LogP contribution in [-0.2, 0) is 9.36 Å². The molecule has 0 aliphatic heterocycles. The maximum absolute atomic E-state index is 14.2. The number of nitrogens with zero attached hydrogens (tertiary/aromatic N) is 2. The van der Waals surface area contributed by atoms with Gasteiger partial charge in [-0.15, -0.1) is 0 Å². The third-order valence-corrected chi connectivity index (χ3v) is 15.0. The van der Waals surface area contributed by atoms with E-state index in [2.05, 4.69) is 37.5 Å². The summed E-state index contributed by atoms with van der Waals surface area (Å²) in [4.78, 5) is 18.3. The van der Waals surface area contributed by atoms with Crippen molar-refractivity contribution >= 4 is 13.7 Å². The van der Waals surface area contributed by atoms with Gasteiger partial charge in [-0.3, -0.25) is 4.79 Å². The van der Waals surface area contributed by atoms with Gasteiger partial charge in [0.1, 0.15) is 0 Å². The van der Waals surface area contributed by atoms with Gasteiger partial charge < -0.3 is 14.9 Å². The van der Waals surface area contributed by atoms with Crippen LogP contribution >= 0.6 is 7.80 Å². The zero-order chi connectivity index (χ0) is 43.4. The Bertz CT molecular complexity index is 865. The van der Waals surface area contributed by atoms with Crippen LogP contribution in [-0.4, -0.2) is 73.0 Å². The van der Waals surface area contributed by atoms with E-state index in [0.717, 1.165) is 31.8 Å². The maximum atomic E-state index is 14.2. The third-order valence-electron chi connectivity index (χ3n) is 13.3. The molecule has 0 rings (SSSR count). The van der Waals surface area contributed by atoms with Gasteiger partial charge in [0, 0.05) is 19.5 Å². The first-order chi connectivity index (χ1) is 28.8. The van der Waals surface area contributed by atoms with Gasteiger partial charge in [-0.2, -0.15) is 0 Å². The van der Waals surface area contributed by atoms with Gasteiger partial charge in [0.2, 0.25) is 5.91 Å². The zero-order valence-corrected chi connectivity index (χ0v) is 42.1. The Morgan fingerprint density at radius 1 is 0.458 bits per heavy atom. The van der Waals surface area contributed by atoms with Crippen molar-refractivity contribution in [2.75, 3.05) is 46.5 Å². The molecule has 3 atom stereocenters. The van der Waals surface area contributed by atoms with Crippen LogP contribution in [0.5, 0.6) is 0 Å². The summed E-state index contributed by atoms with van der Waals surface area (Å²) in [7, 11) is 2.44. The molecule has 352 valence electrons. The molecule has 0 aliphatic carbocycles. The number of amides is 1. The number of hydrogen-bond donors (Lipinski definition) is 1. The van der Waals surface area contributed by atoms with Crippen molar-refractivity contribution in [1.82, 2.24) is 9.80 Å². The molecular formula is C53H108N2O3P+. The monoisotopic (exact) mass is 852 g/mol. The van der Waals surface area contributed by atoms with E-state index in [-0.39, 0.29) is 18.2 Å². The Balaban J connectivity index is 5.32. The van der Waals surface area contributed by atoms with E-state index in [1.54, 1.807) is 0 Å². The second-order valence-electron chi connectivity index (χ2n) is 19.4. The van der Waals surface area contributed by atoms with Crippen LogP contribution < -0.4 is 0 Å². The molecule has 0 bridgehead atoms. The van der Waals surface area contributed by atoms with Crippen molar-refractivity contribution in [1.29, 1.82) is 0 Å². The highest BCUT2D eigenvalue weighted by Crippen LogP contribution is 2.30. The van der Waals surface area contributed by atoms with Crippen LogP contribution in [0.4, 0.5) is 0 Å². The lowest BCUT2D eigenvalue weighted by atomic mass is 9.90. The quantitative estimate of drug-likeness (QED) is 0.0489. The second-order valence-corrected chi connectivity index (χ2v) is 21.4. The molecule has 0 aromatic carbocycles. The van der Waals surface area contributed by atoms with E-state index < -0.39 is 7.80 Å². The Morgan fingerprint density at radius 3 is 1.17 bits per heavy atom. The van der Waals surface area contributed by atoms with Gasteiger partial charge in [-0.25, -0.2) is 0 Å². The molecule has 0 saturated carbocycles. The molecule has 59 heavy (non-hydrogen) atoms. The fourth-order valence-corrected chi connectivity index (χ4v) is 10.6. The third kappa shape index (κ3) is 38.9. The molecule has 0 radical (unpaired) electrons. The van der Waals surface area contributed by atoms with E-state index in [4.69, 9.17) is 0 Å². The zero-order valence-electron chi connectivity index (χ0n) is 41.2. The lowest BCUT2D eigenvalue weighted by Gasteiger charge is -2.29. The van der Waals surface area contributed by atoms with Gasteiger partial charge in [0.25, 0.3) is 0 Å². The second kappa shape index (κ2) is 45.5. The normalized spacial score (nSPS) is 13.1. The molecule has 6 heteroatoms. The molecule has 0 spiro atoms. The molecule has 0 aliphatic rings. The summed E-state index contributed by atoms with van der Waals surface area (Å²) in [5, 5.41) is 10.5. The fraction of sp³-hybridized carbons (Fsp3) is 0.981. The number of carbonyl (C=O) groups excluding carboxylic acids is 1. The number of carbonyl (C=O) groups is 1. The lowest BCUT2D eigenvalue weighted by Crippen LogP contribution is -2.41. The van der Waals surface area contributed by atoms with Gasteiger partial charge in [0.05, 0.1) is 13.2 Å². The molecule has 5 nitrogen and oxygen atoms in total. The Kier molecular flexibility index (Phi) is 45.1. The van der Waals surface area contributed by atoms with Crippen molar-refractivity contribution in [3.63, 3.8) is 0 Å². The van der Waals surface area contributed by atoms with Crippen molar-refractivity contribution in [2.24, 2.45) is 11.8 Å². The van der Waals surface area contributed by atoms with Crippen LogP contribution in [0, 0.1) is 11.8 Å². The lowest BCUT2D eigenvalue weighted by molar-refractivity contribution is -0.132. The highest BCUT2D eigenvalue weighted by molar-refractivity contribution is 7.45. The van der Waals surface area contributed by atoms with Crippen LogP contribution in [0.3, 0.4) is 0 Å². The smallest absolute Gasteiger partial charge is 0.347 e. The first-order valence-electron chi connectivity index (χ1n) is 26.8. The van der Waals surface area contributed by atoms with Gasteiger partial charge in [-0.05, 0) is 45.2 Å². The van der Waals surface area contributed by atoms with E-state index in [0.29, 0.717) is 25.0 Å². The molecular weight excluding hydrogens is 744 g/mol. The molecule has 1 N–H and O–H groups in total. The Hall–Kier alpha value is -0.510. The highest BCUT2D eigenvalue weighted by Gasteiger charge is 2.33. The first-order valence-corrected chi connectivity index (χ1v) is 28.3. The summed E-state index contributed by atoms with van der Waals surface area (Å²) in [5.41, 5.74) is -0.338. The molecule has 0 aromatic heterocycles. The molecule has 1 amide bonds. The minimum absolute atomic E-state index is 0.106.